The summed E-state index contributed by atoms with van der Waals surface area (Å²) in [5, 5.41) is 2.03. The molecule has 15 heteroatoms. The number of nitrogens with zero attached hydrogens (tertiary/aromatic N) is 1. The van der Waals surface area contributed by atoms with E-state index in [1.165, 1.54) is 0 Å². The van der Waals surface area contributed by atoms with E-state index in [-0.39, 0.29) is 21.8 Å². The third kappa shape index (κ3) is 6.31. The second-order valence-corrected chi connectivity index (χ2v) is 12.7. The molecular weight excluding hydrogens is 972 g/mol. The molecular formula is C22H14ClF3I4N2O5. The minimum absolute atomic E-state index is 0.146. The predicted molar refractivity (Wildman–Crippen MR) is 162 cm³/mol. The number of nitrogens with one attached hydrogen (secondary N) is 1. The van der Waals surface area contributed by atoms with Crippen molar-refractivity contribution in [2.24, 2.45) is 5.92 Å². The highest BCUT2D eigenvalue weighted by Gasteiger charge is 2.47. The Hall–Kier alpha value is -0.480. The molecule has 1 atom stereocenters. The molecule has 37 heavy (non-hydrogen) atoms. The monoisotopic (exact) mass is 986 g/mol. The molecule has 2 aromatic carbocycles. The van der Waals surface area contributed by atoms with Gasteiger partial charge in [-0.25, -0.2) is 4.79 Å². The van der Waals surface area contributed by atoms with Crippen LogP contribution in [0.2, 0.25) is 5.02 Å². The fourth-order valence-corrected chi connectivity index (χ4v) is 7.32. The van der Waals surface area contributed by atoms with E-state index in [0.29, 0.717) is 13.2 Å². The van der Waals surface area contributed by atoms with Crippen LogP contribution in [-0.2, 0) is 20.5 Å². The minimum atomic E-state index is -4.65. The van der Waals surface area contributed by atoms with Crippen LogP contribution in [0.3, 0.4) is 0 Å². The van der Waals surface area contributed by atoms with Crippen molar-refractivity contribution in [1.29, 1.82) is 0 Å². The van der Waals surface area contributed by atoms with E-state index in [9.17, 15) is 32.3 Å². The van der Waals surface area contributed by atoms with Crippen molar-refractivity contribution in [3.63, 3.8) is 0 Å². The van der Waals surface area contributed by atoms with Crippen molar-refractivity contribution in [3.05, 3.63) is 54.2 Å². The molecule has 0 aliphatic carbocycles. The molecule has 1 unspecified atom stereocenters. The first-order valence-electron chi connectivity index (χ1n) is 10.1. The highest BCUT2D eigenvalue weighted by atomic mass is 127. The Balaban J connectivity index is 1.80. The Labute approximate surface area is 268 Å². The van der Waals surface area contributed by atoms with Crippen molar-refractivity contribution >= 4 is 131 Å². The molecule has 2 aromatic rings. The molecule has 7 nitrogen and oxygen atoms in total. The summed E-state index contributed by atoms with van der Waals surface area (Å²) in [6.45, 7) is 2.35. The number of hydrogen-bond acceptors (Lipinski definition) is 5. The minimum Gasteiger partial charge on any atom is -0.454 e. The summed E-state index contributed by atoms with van der Waals surface area (Å²) in [6, 6.07) is 1.06. The van der Waals surface area contributed by atoms with Crippen LogP contribution in [0.5, 0.6) is 0 Å². The molecule has 1 aliphatic rings. The largest absolute Gasteiger partial charge is 0.454 e. The van der Waals surface area contributed by atoms with Gasteiger partial charge >= 0.3 is 12.1 Å². The second-order valence-electron chi connectivity index (χ2n) is 8.02. The van der Waals surface area contributed by atoms with Crippen LogP contribution in [0.1, 0.15) is 40.1 Å². The summed E-state index contributed by atoms with van der Waals surface area (Å²) in [6.07, 6.45) is -4.65. The Morgan fingerprint density at radius 2 is 1.51 bits per heavy atom. The number of carbonyl (C=O) groups is 4. The molecule has 3 rings (SSSR count). The Bertz CT molecular complexity index is 1290. The van der Waals surface area contributed by atoms with E-state index in [1.807, 2.05) is 45.2 Å². The maximum Gasteiger partial charge on any atom is 0.416 e. The standard InChI is InChI=1S/C22H14ClF3I4N2O5/c1-7(2)18(32-19(34)12-13(20(32)35)15(28)17(30)16(29)14(12)27)21(36)37-6-11(33)31-10-5-8(22(24,25)26)3-4-9(10)23/h3-5,7,18H,6H2,1-2H3,(H,31,33). The summed E-state index contributed by atoms with van der Waals surface area (Å²) < 4.78 is 46.8. The molecule has 1 N–H and O–H groups in total. The van der Waals surface area contributed by atoms with Gasteiger partial charge in [0.05, 0.1) is 27.4 Å². The number of benzene rings is 2. The van der Waals surface area contributed by atoms with Crippen molar-refractivity contribution in [2.45, 2.75) is 26.1 Å². The van der Waals surface area contributed by atoms with Gasteiger partial charge in [-0.15, -0.1) is 0 Å². The number of carbonyl (C=O) groups excluding carboxylic acids is 4. The molecule has 0 radical (unpaired) electrons. The Morgan fingerprint density at radius 1 is 1.00 bits per heavy atom. The first-order chi connectivity index (χ1) is 17.1. The molecule has 0 fully saturated rings. The maximum absolute atomic E-state index is 13.3. The SMILES string of the molecule is CC(C)C(C(=O)OCC(=O)Nc1cc(C(F)(F)F)ccc1Cl)N1C(=O)c2c(I)c(I)c(I)c(I)c2C1=O. The predicted octanol–water partition coefficient (Wildman–Crippen LogP) is 6.58. The van der Waals surface area contributed by atoms with Crippen molar-refractivity contribution in [1.82, 2.24) is 4.90 Å². The van der Waals surface area contributed by atoms with Gasteiger partial charge in [-0.2, -0.15) is 13.2 Å². The smallest absolute Gasteiger partial charge is 0.416 e. The maximum atomic E-state index is 13.3. The highest BCUT2D eigenvalue weighted by molar-refractivity contribution is 14.1. The number of amides is 3. The van der Waals surface area contributed by atoms with Gasteiger partial charge in [0.15, 0.2) is 6.61 Å². The lowest BCUT2D eigenvalue weighted by molar-refractivity contribution is -0.152. The number of imide groups is 1. The quantitative estimate of drug-likeness (QED) is 0.116. The topological polar surface area (TPSA) is 92.8 Å². The molecule has 0 saturated carbocycles. The van der Waals surface area contributed by atoms with Crippen LogP contribution >= 0.6 is 102 Å². The van der Waals surface area contributed by atoms with Gasteiger partial charge in [-0.3, -0.25) is 19.3 Å². The summed E-state index contributed by atoms with van der Waals surface area (Å²) in [5.41, 5.74) is -0.930. The average molecular weight is 986 g/mol. The fourth-order valence-electron chi connectivity index (χ4n) is 3.50. The molecule has 0 aromatic heterocycles. The van der Waals surface area contributed by atoms with Crippen molar-refractivity contribution in [2.75, 3.05) is 11.9 Å². The highest BCUT2D eigenvalue weighted by Crippen LogP contribution is 2.39. The van der Waals surface area contributed by atoms with Gasteiger partial charge in [-0.1, -0.05) is 25.4 Å². The molecule has 3 amide bonds. The number of hydrogen-bond donors (Lipinski definition) is 1. The lowest BCUT2D eigenvalue weighted by atomic mass is 10.0. The Morgan fingerprint density at radius 3 is 1.97 bits per heavy atom. The number of anilines is 1. The second kappa shape index (κ2) is 11.9. The van der Waals surface area contributed by atoms with E-state index in [2.05, 4.69) is 50.5 Å². The van der Waals surface area contributed by atoms with E-state index in [1.54, 1.807) is 13.8 Å². The zero-order valence-corrected chi connectivity index (χ0v) is 28.0. The summed E-state index contributed by atoms with van der Waals surface area (Å²) in [5.74, 6) is -3.82. The van der Waals surface area contributed by atoms with Crippen molar-refractivity contribution < 1.29 is 37.1 Å². The van der Waals surface area contributed by atoms with Crippen molar-refractivity contribution in [3.8, 4) is 0 Å². The normalized spacial score (nSPS) is 14.2. The number of fused-ring (bicyclic) bond motifs is 1. The van der Waals surface area contributed by atoms with Crippen LogP contribution in [0.15, 0.2) is 18.2 Å². The zero-order valence-electron chi connectivity index (χ0n) is 18.6. The van der Waals surface area contributed by atoms with Crippen LogP contribution in [0.4, 0.5) is 18.9 Å². The van der Waals surface area contributed by atoms with Crippen LogP contribution in [0, 0.1) is 20.2 Å². The van der Waals surface area contributed by atoms with E-state index < -0.39 is 54.0 Å². The number of alkyl halides is 3. The molecule has 1 heterocycles. The number of rotatable bonds is 6. The number of ether oxygens (including phenoxy) is 1. The third-order valence-electron chi connectivity index (χ3n) is 5.20. The lowest BCUT2D eigenvalue weighted by Gasteiger charge is -2.27. The first kappa shape index (κ1) is 31.1. The number of esters is 1. The van der Waals surface area contributed by atoms with Gasteiger partial charge in [-0.05, 0) is 114 Å². The van der Waals surface area contributed by atoms with Crippen LogP contribution in [-0.4, -0.2) is 41.2 Å². The van der Waals surface area contributed by atoms with E-state index >= 15 is 0 Å². The molecule has 0 spiro atoms. The van der Waals surface area contributed by atoms with Gasteiger partial charge in [0.2, 0.25) is 0 Å². The van der Waals surface area contributed by atoms with Gasteiger partial charge in [0.1, 0.15) is 6.04 Å². The average Bonchev–Trinajstić information content (AvgIpc) is 3.06. The zero-order chi connectivity index (χ0) is 28.0. The van der Waals surface area contributed by atoms with Gasteiger partial charge in [0.25, 0.3) is 17.7 Å². The molecule has 198 valence electrons. The van der Waals surface area contributed by atoms with Crippen LogP contribution in [0.25, 0.3) is 0 Å². The summed E-state index contributed by atoms with van der Waals surface area (Å²) in [4.78, 5) is 52.8. The van der Waals surface area contributed by atoms with E-state index in [4.69, 9.17) is 16.3 Å². The molecule has 0 saturated heterocycles. The molecule has 0 bridgehead atoms. The van der Waals surface area contributed by atoms with E-state index in [0.717, 1.165) is 24.2 Å². The van der Waals surface area contributed by atoms with Gasteiger partial charge < -0.3 is 10.1 Å². The summed E-state index contributed by atoms with van der Waals surface area (Å²) >= 11 is 14.0. The summed E-state index contributed by atoms with van der Waals surface area (Å²) in [7, 11) is 0. The fraction of sp³-hybridized carbons (Fsp3) is 0.273. The first-order valence-corrected chi connectivity index (χ1v) is 14.8. The van der Waals surface area contributed by atoms with Gasteiger partial charge in [0, 0.05) is 14.3 Å². The number of halogens is 8. The third-order valence-corrected chi connectivity index (χ3v) is 12.9. The Kier molecular flexibility index (Phi) is 10.0. The molecule has 1 aliphatic heterocycles. The van der Waals surface area contributed by atoms with Crippen LogP contribution < -0.4 is 5.32 Å². The lowest BCUT2D eigenvalue weighted by Crippen LogP contribution is -2.49.